The maximum absolute atomic E-state index is 13.0. The van der Waals surface area contributed by atoms with Crippen molar-refractivity contribution in [2.45, 2.75) is 32.3 Å². The first-order chi connectivity index (χ1) is 15.7. The van der Waals surface area contributed by atoms with Crippen molar-refractivity contribution in [3.63, 3.8) is 0 Å². The summed E-state index contributed by atoms with van der Waals surface area (Å²) in [6.45, 7) is 7.75. The van der Waals surface area contributed by atoms with Gasteiger partial charge in [-0.1, -0.05) is 23.8 Å². The highest BCUT2D eigenvalue weighted by atomic mass is 32.2. The summed E-state index contributed by atoms with van der Waals surface area (Å²) in [5, 5.41) is 1.94. The number of amides is 1. The second-order valence-electron chi connectivity index (χ2n) is 8.36. The zero-order valence-corrected chi connectivity index (χ0v) is 20.7. The Morgan fingerprint density at radius 2 is 1.64 bits per heavy atom. The third-order valence-corrected chi connectivity index (χ3v) is 8.81. The van der Waals surface area contributed by atoms with Crippen LogP contribution < -0.4 is 4.74 Å². The molecule has 1 aliphatic heterocycles. The highest BCUT2D eigenvalue weighted by molar-refractivity contribution is 7.89. The lowest BCUT2D eigenvalue weighted by molar-refractivity contribution is 0.0702. The third kappa shape index (κ3) is 5.29. The van der Waals surface area contributed by atoms with Gasteiger partial charge >= 0.3 is 0 Å². The van der Waals surface area contributed by atoms with Crippen LogP contribution in [0.4, 0.5) is 0 Å². The number of carbonyl (C=O) groups is 1. The molecule has 0 spiro atoms. The van der Waals surface area contributed by atoms with Crippen LogP contribution >= 0.6 is 11.3 Å². The number of sulfonamides is 1. The van der Waals surface area contributed by atoms with Crippen LogP contribution in [0.1, 0.15) is 31.9 Å². The predicted molar refractivity (Wildman–Crippen MR) is 130 cm³/mol. The van der Waals surface area contributed by atoms with Crippen molar-refractivity contribution >= 4 is 27.3 Å². The van der Waals surface area contributed by atoms with Crippen LogP contribution in [0.5, 0.6) is 5.75 Å². The normalized spacial score (nSPS) is 14.9. The lowest BCUT2D eigenvalue weighted by Crippen LogP contribution is -2.50. The van der Waals surface area contributed by atoms with E-state index < -0.39 is 10.0 Å². The van der Waals surface area contributed by atoms with Crippen LogP contribution in [0.3, 0.4) is 0 Å². The summed E-state index contributed by atoms with van der Waals surface area (Å²) >= 11 is 1.39. The standard InChI is InChI=1S/C25H28N2O4S2/c1-18-4-8-23(9-5-18)33(29,30)27-12-10-26(11-13-27)25(28)24-15-21(17-32-24)16-31-22-7-6-19(2)20(3)14-22/h4-9,14-15,17H,10-13,16H2,1-3H3. The second kappa shape index (κ2) is 9.67. The molecule has 1 fully saturated rings. The van der Waals surface area contributed by atoms with Crippen LogP contribution in [-0.2, 0) is 16.6 Å². The van der Waals surface area contributed by atoms with Crippen LogP contribution in [0.2, 0.25) is 0 Å². The topological polar surface area (TPSA) is 66.9 Å². The molecule has 33 heavy (non-hydrogen) atoms. The minimum atomic E-state index is -3.55. The summed E-state index contributed by atoms with van der Waals surface area (Å²) in [4.78, 5) is 15.6. The Kier molecular flexibility index (Phi) is 6.88. The van der Waals surface area contributed by atoms with Gasteiger partial charge in [-0.2, -0.15) is 4.31 Å². The van der Waals surface area contributed by atoms with E-state index in [0.29, 0.717) is 29.5 Å². The number of nitrogens with zero attached hydrogens (tertiary/aromatic N) is 2. The lowest BCUT2D eigenvalue weighted by atomic mass is 10.1. The number of aryl methyl sites for hydroxylation is 3. The molecule has 1 saturated heterocycles. The fourth-order valence-corrected chi connectivity index (χ4v) is 5.97. The molecule has 0 bridgehead atoms. The van der Waals surface area contributed by atoms with Gasteiger partial charge < -0.3 is 9.64 Å². The van der Waals surface area contributed by atoms with Crippen molar-refractivity contribution in [1.82, 2.24) is 9.21 Å². The second-order valence-corrected chi connectivity index (χ2v) is 11.2. The van der Waals surface area contributed by atoms with E-state index in [0.717, 1.165) is 16.9 Å². The number of hydrogen-bond donors (Lipinski definition) is 0. The van der Waals surface area contributed by atoms with Crippen LogP contribution in [0.25, 0.3) is 0 Å². The van der Waals surface area contributed by atoms with Gasteiger partial charge in [0.2, 0.25) is 10.0 Å². The molecule has 0 atom stereocenters. The average molecular weight is 485 g/mol. The van der Waals surface area contributed by atoms with Crippen molar-refractivity contribution in [1.29, 1.82) is 0 Å². The molecule has 2 aromatic carbocycles. The average Bonchev–Trinajstić information content (AvgIpc) is 3.29. The Bertz CT molecular complexity index is 1240. The molecule has 4 rings (SSSR count). The Morgan fingerprint density at radius 1 is 0.939 bits per heavy atom. The van der Waals surface area contributed by atoms with Gasteiger partial charge in [0.25, 0.3) is 5.91 Å². The van der Waals surface area contributed by atoms with Crippen LogP contribution in [0.15, 0.2) is 58.8 Å². The molecule has 1 aromatic heterocycles. The quantitative estimate of drug-likeness (QED) is 0.520. The van der Waals surface area contributed by atoms with Crippen LogP contribution in [-0.4, -0.2) is 49.7 Å². The molecular weight excluding hydrogens is 456 g/mol. The first-order valence-electron chi connectivity index (χ1n) is 10.9. The summed E-state index contributed by atoms with van der Waals surface area (Å²) in [5.41, 5.74) is 4.36. The van der Waals surface area contributed by atoms with Gasteiger partial charge in [-0.3, -0.25) is 4.79 Å². The first kappa shape index (κ1) is 23.5. The number of hydrogen-bond acceptors (Lipinski definition) is 5. The van der Waals surface area contributed by atoms with Crippen LogP contribution in [0, 0.1) is 20.8 Å². The van der Waals surface area contributed by atoms with E-state index in [-0.39, 0.29) is 19.0 Å². The summed E-state index contributed by atoms with van der Waals surface area (Å²) in [5.74, 6) is 0.743. The molecule has 0 N–H and O–H groups in total. The maximum Gasteiger partial charge on any atom is 0.264 e. The lowest BCUT2D eigenvalue weighted by Gasteiger charge is -2.33. The molecule has 8 heteroatoms. The molecule has 174 valence electrons. The number of rotatable bonds is 6. The van der Waals surface area contributed by atoms with E-state index in [1.165, 1.54) is 26.8 Å². The van der Waals surface area contributed by atoms with E-state index in [1.807, 2.05) is 36.6 Å². The molecule has 2 heterocycles. The van der Waals surface area contributed by atoms with Crippen molar-refractivity contribution in [2.24, 2.45) is 0 Å². The smallest absolute Gasteiger partial charge is 0.264 e. The molecule has 0 unspecified atom stereocenters. The zero-order chi connectivity index (χ0) is 23.6. The van der Waals surface area contributed by atoms with E-state index in [9.17, 15) is 13.2 Å². The number of ether oxygens (including phenoxy) is 1. The highest BCUT2D eigenvalue weighted by Crippen LogP contribution is 2.23. The van der Waals surface area contributed by atoms with Gasteiger partial charge in [0, 0.05) is 31.7 Å². The van der Waals surface area contributed by atoms with E-state index >= 15 is 0 Å². The van der Waals surface area contributed by atoms with Gasteiger partial charge in [0.15, 0.2) is 0 Å². The molecule has 6 nitrogen and oxygen atoms in total. The van der Waals surface area contributed by atoms with E-state index in [2.05, 4.69) is 13.8 Å². The van der Waals surface area contributed by atoms with Gasteiger partial charge in [-0.25, -0.2) is 8.42 Å². The van der Waals surface area contributed by atoms with Gasteiger partial charge in [0.05, 0.1) is 9.77 Å². The molecular formula is C25H28N2O4S2. The molecule has 1 amide bonds. The molecule has 0 aliphatic carbocycles. The van der Waals surface area contributed by atoms with E-state index in [4.69, 9.17) is 4.74 Å². The Labute approximate surface area is 199 Å². The van der Waals surface area contributed by atoms with Gasteiger partial charge in [-0.05, 0) is 67.6 Å². The molecule has 1 aliphatic rings. The maximum atomic E-state index is 13.0. The summed E-state index contributed by atoms with van der Waals surface area (Å²) in [6.07, 6.45) is 0. The summed E-state index contributed by atoms with van der Waals surface area (Å²) < 4.78 is 33.1. The molecule has 0 saturated carbocycles. The Hall–Kier alpha value is -2.68. The number of benzene rings is 2. The number of thiophene rings is 1. The van der Waals surface area contributed by atoms with Gasteiger partial charge in [0.1, 0.15) is 12.4 Å². The van der Waals surface area contributed by atoms with Crippen molar-refractivity contribution in [2.75, 3.05) is 26.2 Å². The summed E-state index contributed by atoms with van der Waals surface area (Å²) in [6, 6.07) is 14.7. The number of piperazine rings is 1. The SMILES string of the molecule is Cc1ccc(S(=O)(=O)N2CCN(C(=O)c3cc(COc4ccc(C)c(C)c4)cs3)CC2)cc1. The van der Waals surface area contributed by atoms with Crippen molar-refractivity contribution < 1.29 is 17.9 Å². The fraction of sp³-hybridized carbons (Fsp3) is 0.320. The largest absolute Gasteiger partial charge is 0.489 e. The fourth-order valence-electron chi connectivity index (χ4n) is 3.68. The summed E-state index contributed by atoms with van der Waals surface area (Å²) in [7, 11) is -3.55. The third-order valence-electron chi connectivity index (χ3n) is 5.93. The Balaban J connectivity index is 1.34. The molecule has 3 aromatic rings. The monoisotopic (exact) mass is 484 g/mol. The predicted octanol–water partition coefficient (Wildman–Crippen LogP) is 4.40. The van der Waals surface area contributed by atoms with Crippen molar-refractivity contribution in [3.8, 4) is 5.75 Å². The van der Waals surface area contributed by atoms with Crippen molar-refractivity contribution in [3.05, 3.63) is 81.0 Å². The minimum absolute atomic E-state index is 0.0650. The Morgan fingerprint density at radius 3 is 2.30 bits per heavy atom. The molecule has 0 radical (unpaired) electrons. The number of carbonyl (C=O) groups excluding carboxylic acids is 1. The van der Waals surface area contributed by atoms with Gasteiger partial charge in [-0.15, -0.1) is 11.3 Å². The van der Waals surface area contributed by atoms with E-state index in [1.54, 1.807) is 29.2 Å². The first-order valence-corrected chi connectivity index (χ1v) is 13.2. The minimum Gasteiger partial charge on any atom is -0.489 e. The zero-order valence-electron chi connectivity index (χ0n) is 19.1. The highest BCUT2D eigenvalue weighted by Gasteiger charge is 2.30.